The molecule has 0 radical (unpaired) electrons. The largest absolute Gasteiger partial charge is 0.425 e. The highest BCUT2D eigenvalue weighted by Gasteiger charge is 2.26. The molecule has 2 amide bonds. The number of imide groups is 1. The molecule has 23 heavy (non-hydrogen) atoms. The van der Waals surface area contributed by atoms with Crippen LogP contribution >= 0.6 is 27.7 Å². The molecule has 0 unspecified atom stereocenters. The standard InChI is InChI=1S/C16H14BrNO4S/c17-11-7-9(8-13-14(19)18-16(21)23-13)5-6-12(11)22-15(20)10-3-1-2-4-10/h5-8,10H,1-4H2,(H,18,19,21). The summed E-state index contributed by atoms with van der Waals surface area (Å²) in [6.07, 6.45) is 5.55. The summed E-state index contributed by atoms with van der Waals surface area (Å²) >= 11 is 4.25. The van der Waals surface area contributed by atoms with Crippen LogP contribution in [0.3, 0.4) is 0 Å². The minimum Gasteiger partial charge on any atom is -0.425 e. The number of ether oxygens (including phenoxy) is 1. The van der Waals surface area contributed by atoms with Gasteiger partial charge in [-0.25, -0.2) is 0 Å². The smallest absolute Gasteiger partial charge is 0.314 e. The molecule has 2 fully saturated rings. The number of carbonyl (C=O) groups is 3. The number of carbonyl (C=O) groups excluding carboxylic acids is 3. The first-order valence-corrected chi connectivity index (χ1v) is 8.90. The van der Waals surface area contributed by atoms with Gasteiger partial charge in [-0.3, -0.25) is 19.7 Å². The van der Waals surface area contributed by atoms with Crippen LogP contribution in [0, 0.1) is 5.92 Å². The van der Waals surface area contributed by atoms with E-state index in [1.54, 1.807) is 24.3 Å². The summed E-state index contributed by atoms with van der Waals surface area (Å²) in [4.78, 5) is 35.1. The van der Waals surface area contributed by atoms with Crippen LogP contribution in [0.25, 0.3) is 6.08 Å². The Morgan fingerprint density at radius 3 is 2.65 bits per heavy atom. The van der Waals surface area contributed by atoms with Gasteiger partial charge in [0.25, 0.3) is 11.1 Å². The molecule has 1 heterocycles. The second kappa shape index (κ2) is 6.88. The van der Waals surface area contributed by atoms with Gasteiger partial charge in [-0.05, 0) is 64.3 Å². The first kappa shape index (κ1) is 16.3. The molecule has 1 aromatic carbocycles. The summed E-state index contributed by atoms with van der Waals surface area (Å²) in [5, 5.41) is 1.83. The van der Waals surface area contributed by atoms with Crippen molar-refractivity contribution < 1.29 is 19.1 Å². The predicted octanol–water partition coefficient (Wildman–Crippen LogP) is 3.87. The molecule has 3 rings (SSSR count). The molecule has 1 saturated heterocycles. The van der Waals surface area contributed by atoms with E-state index in [0.717, 1.165) is 43.0 Å². The fourth-order valence-corrected chi connectivity index (χ4v) is 3.77. The van der Waals surface area contributed by atoms with Gasteiger partial charge >= 0.3 is 5.97 Å². The Morgan fingerprint density at radius 2 is 2.04 bits per heavy atom. The molecule has 1 aliphatic carbocycles. The molecule has 1 aliphatic heterocycles. The summed E-state index contributed by atoms with van der Waals surface area (Å²) in [5.74, 6) is -0.129. The lowest BCUT2D eigenvalue weighted by Crippen LogP contribution is -2.18. The van der Waals surface area contributed by atoms with Gasteiger partial charge in [0, 0.05) is 0 Å². The second-order valence-electron chi connectivity index (χ2n) is 5.44. The molecular formula is C16H14BrNO4S. The maximum Gasteiger partial charge on any atom is 0.314 e. The molecule has 5 nitrogen and oxygen atoms in total. The lowest BCUT2D eigenvalue weighted by Gasteiger charge is -2.11. The van der Waals surface area contributed by atoms with Crippen LogP contribution in [0.15, 0.2) is 27.6 Å². The molecule has 1 N–H and O–H groups in total. The fourth-order valence-electron chi connectivity index (χ4n) is 2.62. The number of thioether (sulfide) groups is 1. The highest BCUT2D eigenvalue weighted by atomic mass is 79.9. The Hall–Kier alpha value is -1.60. The lowest BCUT2D eigenvalue weighted by atomic mass is 10.1. The van der Waals surface area contributed by atoms with Gasteiger partial charge < -0.3 is 4.74 Å². The number of hydrogen-bond acceptors (Lipinski definition) is 5. The van der Waals surface area contributed by atoms with E-state index < -0.39 is 5.91 Å². The van der Waals surface area contributed by atoms with E-state index in [2.05, 4.69) is 21.2 Å². The van der Waals surface area contributed by atoms with Gasteiger partial charge in [-0.1, -0.05) is 18.9 Å². The molecule has 120 valence electrons. The van der Waals surface area contributed by atoms with Crippen LogP contribution in [-0.4, -0.2) is 17.1 Å². The van der Waals surface area contributed by atoms with Crippen LogP contribution in [-0.2, 0) is 9.59 Å². The molecule has 1 saturated carbocycles. The number of amides is 2. The zero-order valence-corrected chi connectivity index (χ0v) is 14.5. The molecule has 0 spiro atoms. The van der Waals surface area contributed by atoms with Crippen molar-refractivity contribution >= 4 is 50.9 Å². The number of hydrogen-bond donors (Lipinski definition) is 1. The van der Waals surface area contributed by atoms with Crippen LogP contribution in [0.1, 0.15) is 31.2 Å². The van der Waals surface area contributed by atoms with Crippen LogP contribution in [0.5, 0.6) is 5.75 Å². The van der Waals surface area contributed by atoms with Gasteiger partial charge in [0.05, 0.1) is 15.3 Å². The summed E-state index contributed by atoms with van der Waals surface area (Å²) < 4.78 is 6.08. The third-order valence-electron chi connectivity index (χ3n) is 3.79. The van der Waals surface area contributed by atoms with E-state index in [4.69, 9.17) is 4.74 Å². The SMILES string of the molecule is O=C1NC(=O)C(=Cc2ccc(OC(=O)C3CCCC3)c(Br)c2)S1. The third-order valence-corrected chi connectivity index (χ3v) is 5.23. The average molecular weight is 396 g/mol. The maximum atomic E-state index is 12.1. The summed E-state index contributed by atoms with van der Waals surface area (Å²) in [7, 11) is 0. The quantitative estimate of drug-likeness (QED) is 0.477. The minimum absolute atomic E-state index is 0.00621. The first-order valence-electron chi connectivity index (χ1n) is 7.29. The van der Waals surface area contributed by atoms with Crippen molar-refractivity contribution in [1.29, 1.82) is 0 Å². The zero-order chi connectivity index (χ0) is 16.4. The van der Waals surface area contributed by atoms with E-state index in [9.17, 15) is 14.4 Å². The van der Waals surface area contributed by atoms with Gasteiger partial charge in [0.2, 0.25) is 0 Å². The van der Waals surface area contributed by atoms with Gasteiger partial charge in [0.1, 0.15) is 5.75 Å². The number of nitrogens with one attached hydrogen (secondary N) is 1. The Bertz CT molecular complexity index is 710. The number of halogens is 1. The number of esters is 1. The van der Waals surface area contributed by atoms with Gasteiger partial charge in [0.15, 0.2) is 0 Å². The Labute approximate surface area is 146 Å². The van der Waals surface area contributed by atoms with Crippen molar-refractivity contribution in [2.24, 2.45) is 5.92 Å². The first-order chi connectivity index (χ1) is 11.0. The normalized spacial score (nSPS) is 20.1. The van der Waals surface area contributed by atoms with E-state index in [1.807, 2.05) is 0 Å². The van der Waals surface area contributed by atoms with Crippen LogP contribution in [0.4, 0.5) is 4.79 Å². The van der Waals surface area contributed by atoms with E-state index in [0.29, 0.717) is 15.1 Å². The number of benzene rings is 1. The molecule has 0 aromatic heterocycles. The molecule has 7 heteroatoms. The van der Waals surface area contributed by atoms with Crippen LogP contribution in [0.2, 0.25) is 0 Å². The van der Waals surface area contributed by atoms with E-state index in [1.165, 1.54) is 0 Å². The maximum absolute atomic E-state index is 12.1. The highest BCUT2D eigenvalue weighted by Crippen LogP contribution is 2.32. The van der Waals surface area contributed by atoms with Crippen LogP contribution < -0.4 is 10.1 Å². The minimum atomic E-state index is -0.395. The van der Waals surface area contributed by atoms with Crippen molar-refractivity contribution in [1.82, 2.24) is 5.32 Å². The van der Waals surface area contributed by atoms with E-state index in [-0.39, 0.29) is 17.1 Å². The monoisotopic (exact) mass is 395 g/mol. The van der Waals surface area contributed by atoms with Crippen molar-refractivity contribution in [3.05, 3.63) is 33.1 Å². The highest BCUT2D eigenvalue weighted by molar-refractivity contribution is 9.10. The third kappa shape index (κ3) is 3.84. The van der Waals surface area contributed by atoms with Gasteiger partial charge in [-0.2, -0.15) is 0 Å². The summed E-state index contributed by atoms with van der Waals surface area (Å²) in [6.45, 7) is 0. The van der Waals surface area contributed by atoms with Crippen molar-refractivity contribution in [2.75, 3.05) is 0 Å². The molecule has 0 atom stereocenters. The second-order valence-corrected chi connectivity index (χ2v) is 7.31. The molecular weight excluding hydrogens is 382 g/mol. The average Bonchev–Trinajstić information content (AvgIpc) is 3.12. The Balaban J connectivity index is 1.73. The molecule has 0 bridgehead atoms. The number of rotatable bonds is 3. The van der Waals surface area contributed by atoms with Crippen molar-refractivity contribution in [3.63, 3.8) is 0 Å². The predicted molar refractivity (Wildman–Crippen MR) is 90.8 cm³/mol. The molecule has 1 aromatic rings. The Kier molecular flexibility index (Phi) is 4.87. The fraction of sp³-hybridized carbons (Fsp3) is 0.312. The Morgan fingerprint density at radius 1 is 1.30 bits per heavy atom. The van der Waals surface area contributed by atoms with Gasteiger partial charge in [-0.15, -0.1) is 0 Å². The summed E-state index contributed by atoms with van der Waals surface area (Å²) in [6, 6.07) is 5.18. The van der Waals surface area contributed by atoms with Crippen molar-refractivity contribution in [3.8, 4) is 5.75 Å². The van der Waals surface area contributed by atoms with Crippen molar-refractivity contribution in [2.45, 2.75) is 25.7 Å². The zero-order valence-electron chi connectivity index (χ0n) is 12.1. The van der Waals surface area contributed by atoms with E-state index >= 15 is 0 Å². The lowest BCUT2D eigenvalue weighted by molar-refractivity contribution is -0.138. The molecule has 2 aliphatic rings. The summed E-state index contributed by atoms with van der Waals surface area (Å²) in [5.41, 5.74) is 0.741. The topological polar surface area (TPSA) is 72.5 Å².